The van der Waals surface area contributed by atoms with Crippen LogP contribution in [0.5, 0.6) is 0 Å². The van der Waals surface area contributed by atoms with E-state index in [1.54, 1.807) is 0 Å². The molecule has 1 aromatic carbocycles. The van der Waals surface area contributed by atoms with Crippen LogP contribution in [0, 0.1) is 5.92 Å². The molecule has 1 fully saturated rings. The number of nitrogens with zero attached hydrogens (tertiary/aromatic N) is 1. The number of rotatable bonds is 8. The van der Waals surface area contributed by atoms with Gasteiger partial charge in [-0.15, -0.1) is 0 Å². The zero-order chi connectivity index (χ0) is 20.2. The lowest BCUT2D eigenvalue weighted by Gasteiger charge is -2.19. The second kappa shape index (κ2) is 8.68. The van der Waals surface area contributed by atoms with Gasteiger partial charge in [0, 0.05) is 13.1 Å². The van der Waals surface area contributed by atoms with Gasteiger partial charge in [-0.1, -0.05) is 13.8 Å². The summed E-state index contributed by atoms with van der Waals surface area (Å²) >= 11 is 0. The van der Waals surface area contributed by atoms with Crippen molar-refractivity contribution < 1.29 is 26.4 Å². The first-order valence-corrected chi connectivity index (χ1v) is 11.7. The largest absolute Gasteiger partial charge is 0.468 e. The number of carbonyl (C=O) groups excluding carboxylic acids is 1. The third kappa shape index (κ3) is 5.28. The molecule has 0 unspecified atom stereocenters. The van der Waals surface area contributed by atoms with E-state index in [9.17, 15) is 21.6 Å². The van der Waals surface area contributed by atoms with Gasteiger partial charge >= 0.3 is 5.97 Å². The molecule has 1 aromatic rings. The SMILES string of the molecule is COC(=O)[C@H](CC(C)C)NS(=O)(=O)c1ccc(S(=O)(=O)N2CCCC2)cc1. The number of hydrogen-bond donors (Lipinski definition) is 1. The summed E-state index contributed by atoms with van der Waals surface area (Å²) in [5.74, 6) is -0.592. The fourth-order valence-corrected chi connectivity index (χ4v) is 5.64. The predicted octanol–water partition coefficient (Wildman–Crippen LogP) is 1.34. The quantitative estimate of drug-likeness (QED) is 0.638. The van der Waals surface area contributed by atoms with Gasteiger partial charge in [-0.2, -0.15) is 9.03 Å². The number of benzene rings is 1. The minimum absolute atomic E-state index is 0.0510. The molecule has 8 nitrogen and oxygen atoms in total. The number of carbonyl (C=O) groups is 1. The van der Waals surface area contributed by atoms with E-state index in [1.807, 2.05) is 13.8 Å². The molecule has 0 radical (unpaired) electrons. The van der Waals surface area contributed by atoms with E-state index in [2.05, 4.69) is 9.46 Å². The van der Waals surface area contributed by atoms with Gasteiger partial charge < -0.3 is 4.74 Å². The van der Waals surface area contributed by atoms with Crippen LogP contribution < -0.4 is 4.72 Å². The summed E-state index contributed by atoms with van der Waals surface area (Å²) in [4.78, 5) is 11.8. The van der Waals surface area contributed by atoms with Crippen molar-refractivity contribution in [2.24, 2.45) is 5.92 Å². The first kappa shape index (κ1) is 21.8. The van der Waals surface area contributed by atoms with E-state index in [0.717, 1.165) is 12.8 Å². The molecule has 10 heteroatoms. The molecular formula is C17H26N2O6S2. The topological polar surface area (TPSA) is 110 Å². The van der Waals surface area contributed by atoms with Gasteiger partial charge in [-0.25, -0.2) is 16.8 Å². The summed E-state index contributed by atoms with van der Waals surface area (Å²) in [5, 5.41) is 0. The van der Waals surface area contributed by atoms with Crippen LogP contribution in [0.2, 0.25) is 0 Å². The maximum atomic E-state index is 12.6. The highest BCUT2D eigenvalue weighted by Gasteiger charge is 2.29. The van der Waals surface area contributed by atoms with Crippen LogP contribution in [0.4, 0.5) is 0 Å². The Hall–Kier alpha value is -1.49. The van der Waals surface area contributed by atoms with Crippen molar-refractivity contribution in [1.29, 1.82) is 0 Å². The van der Waals surface area contributed by atoms with Gasteiger partial charge in [-0.3, -0.25) is 4.79 Å². The lowest BCUT2D eigenvalue weighted by Crippen LogP contribution is -2.42. The van der Waals surface area contributed by atoms with Crippen LogP contribution in [0.25, 0.3) is 0 Å². The summed E-state index contributed by atoms with van der Waals surface area (Å²) in [6.07, 6.45) is 1.92. The van der Waals surface area contributed by atoms with Gasteiger partial charge in [0.05, 0.1) is 16.9 Å². The highest BCUT2D eigenvalue weighted by molar-refractivity contribution is 7.89. The second-order valence-electron chi connectivity index (χ2n) is 6.91. The van der Waals surface area contributed by atoms with Crippen LogP contribution in [0.3, 0.4) is 0 Å². The van der Waals surface area contributed by atoms with Crippen molar-refractivity contribution in [3.63, 3.8) is 0 Å². The summed E-state index contributed by atoms with van der Waals surface area (Å²) in [6.45, 7) is 4.67. The summed E-state index contributed by atoms with van der Waals surface area (Å²) in [6, 6.07) is 4.01. The van der Waals surface area contributed by atoms with Gasteiger partial charge in [0.2, 0.25) is 20.0 Å². The third-order valence-electron chi connectivity index (χ3n) is 4.33. The summed E-state index contributed by atoms with van der Waals surface area (Å²) in [5.41, 5.74) is 0. The molecule has 1 saturated heterocycles. The van der Waals surface area contributed by atoms with E-state index in [-0.39, 0.29) is 22.1 Å². The highest BCUT2D eigenvalue weighted by Crippen LogP contribution is 2.22. The zero-order valence-corrected chi connectivity index (χ0v) is 17.3. The van der Waals surface area contributed by atoms with E-state index in [0.29, 0.717) is 13.1 Å². The summed E-state index contributed by atoms with van der Waals surface area (Å²) < 4.78 is 58.6. The standard InChI is InChI=1S/C17H26N2O6S2/c1-13(2)12-16(17(20)25-3)18-26(21,22)14-6-8-15(9-7-14)27(23,24)19-10-4-5-11-19/h6-9,13,16,18H,4-5,10-12H2,1-3H3/t16-/m0/s1. The molecule has 0 aliphatic carbocycles. The molecule has 27 heavy (non-hydrogen) atoms. The second-order valence-corrected chi connectivity index (χ2v) is 10.6. The first-order valence-electron chi connectivity index (χ1n) is 8.78. The van der Waals surface area contributed by atoms with Crippen molar-refractivity contribution in [1.82, 2.24) is 9.03 Å². The molecule has 0 amide bonds. The molecule has 1 heterocycles. The number of esters is 1. The molecule has 0 bridgehead atoms. The van der Waals surface area contributed by atoms with E-state index < -0.39 is 32.1 Å². The van der Waals surface area contributed by atoms with E-state index in [4.69, 9.17) is 0 Å². The normalized spacial score (nSPS) is 17.2. The Bertz CT molecular complexity index is 857. The fourth-order valence-electron chi connectivity index (χ4n) is 2.93. The molecule has 0 spiro atoms. The lowest BCUT2D eigenvalue weighted by molar-refractivity contribution is -0.143. The Morgan fingerprint density at radius 3 is 2.07 bits per heavy atom. The third-order valence-corrected chi connectivity index (χ3v) is 7.73. The number of ether oxygens (including phenoxy) is 1. The van der Waals surface area contributed by atoms with Gasteiger partial charge in [0.15, 0.2) is 0 Å². The number of hydrogen-bond acceptors (Lipinski definition) is 6. The summed E-state index contributed by atoms with van der Waals surface area (Å²) in [7, 11) is -6.42. The Balaban J connectivity index is 2.22. The fraction of sp³-hybridized carbons (Fsp3) is 0.588. The average molecular weight is 419 g/mol. The van der Waals surface area contributed by atoms with Gasteiger partial charge in [-0.05, 0) is 49.4 Å². The molecule has 1 atom stereocenters. The molecule has 1 aliphatic heterocycles. The van der Waals surface area contributed by atoms with Crippen molar-refractivity contribution >= 4 is 26.0 Å². The van der Waals surface area contributed by atoms with Crippen molar-refractivity contribution in [2.45, 2.75) is 48.9 Å². The molecule has 1 N–H and O–H groups in total. The minimum atomic E-state index is -4.00. The Morgan fingerprint density at radius 1 is 1.07 bits per heavy atom. The van der Waals surface area contributed by atoms with Gasteiger partial charge in [0.1, 0.15) is 6.04 Å². The Morgan fingerprint density at radius 2 is 1.59 bits per heavy atom. The maximum absolute atomic E-state index is 12.6. The van der Waals surface area contributed by atoms with Crippen LogP contribution in [-0.2, 0) is 29.6 Å². The zero-order valence-electron chi connectivity index (χ0n) is 15.7. The predicted molar refractivity (Wildman–Crippen MR) is 100 cm³/mol. The molecular weight excluding hydrogens is 392 g/mol. The van der Waals surface area contributed by atoms with Crippen molar-refractivity contribution in [3.8, 4) is 0 Å². The van der Waals surface area contributed by atoms with Crippen LogP contribution in [0.1, 0.15) is 33.1 Å². The van der Waals surface area contributed by atoms with Gasteiger partial charge in [0.25, 0.3) is 0 Å². The monoisotopic (exact) mass is 418 g/mol. The van der Waals surface area contributed by atoms with E-state index in [1.165, 1.54) is 35.7 Å². The number of sulfonamides is 2. The van der Waals surface area contributed by atoms with Crippen molar-refractivity contribution in [3.05, 3.63) is 24.3 Å². The van der Waals surface area contributed by atoms with Crippen LogP contribution in [0.15, 0.2) is 34.1 Å². The Labute approximate surface area is 161 Å². The highest BCUT2D eigenvalue weighted by atomic mass is 32.2. The molecule has 0 aromatic heterocycles. The first-order chi connectivity index (χ1) is 12.6. The molecule has 1 aliphatic rings. The van der Waals surface area contributed by atoms with E-state index >= 15 is 0 Å². The minimum Gasteiger partial charge on any atom is -0.468 e. The molecule has 2 rings (SSSR count). The number of methoxy groups -OCH3 is 1. The average Bonchev–Trinajstić information content (AvgIpc) is 3.15. The number of nitrogens with one attached hydrogen (secondary N) is 1. The van der Waals surface area contributed by atoms with Crippen LogP contribution in [-0.4, -0.2) is 53.4 Å². The maximum Gasteiger partial charge on any atom is 0.323 e. The molecule has 0 saturated carbocycles. The van der Waals surface area contributed by atoms with Crippen LogP contribution >= 0.6 is 0 Å². The molecule has 152 valence electrons. The Kier molecular flexibility index (Phi) is 7.01. The lowest BCUT2D eigenvalue weighted by atomic mass is 10.1. The smallest absolute Gasteiger partial charge is 0.323 e. The van der Waals surface area contributed by atoms with Crippen molar-refractivity contribution in [2.75, 3.05) is 20.2 Å².